The number of nitrogens with zero attached hydrogens (tertiary/aromatic N) is 3. The molecule has 2 aliphatic heterocycles. The Morgan fingerprint density at radius 3 is 2.86 bits per heavy atom. The molecule has 2 atom stereocenters. The molecule has 0 aliphatic carbocycles. The largest absolute Gasteiger partial charge is 0.469 e. The van der Waals surface area contributed by atoms with E-state index in [0.717, 1.165) is 19.5 Å². The van der Waals surface area contributed by atoms with E-state index in [4.69, 9.17) is 4.74 Å². The third-order valence-electron chi connectivity index (χ3n) is 5.28. The van der Waals surface area contributed by atoms with E-state index < -0.39 is 0 Å². The third-order valence-corrected chi connectivity index (χ3v) is 6.30. The standard InChI is InChI=1S/C19H28N4O3S.HI/c1-4-20-19(23-10-13(2)15(12-23)18(25)26-3)21-9-17(24)22-7-5-16-14(11-22)6-8-27-16;/h6,8,13,15H,4-5,7,9-12H2,1-3H3,(H,20,21);1H. The van der Waals surface area contributed by atoms with Crippen molar-refractivity contribution < 1.29 is 14.3 Å². The molecule has 1 aromatic rings. The van der Waals surface area contributed by atoms with Gasteiger partial charge in [-0.3, -0.25) is 9.59 Å². The van der Waals surface area contributed by atoms with E-state index in [1.54, 1.807) is 11.3 Å². The number of carbonyl (C=O) groups excluding carboxylic acids is 2. The van der Waals surface area contributed by atoms with Gasteiger partial charge >= 0.3 is 5.97 Å². The predicted molar refractivity (Wildman–Crippen MR) is 121 cm³/mol. The van der Waals surface area contributed by atoms with E-state index in [9.17, 15) is 9.59 Å². The Bertz CT molecular complexity index is 724. The lowest BCUT2D eigenvalue weighted by Gasteiger charge is -2.27. The van der Waals surface area contributed by atoms with Crippen molar-refractivity contribution in [2.75, 3.05) is 39.8 Å². The van der Waals surface area contributed by atoms with Crippen LogP contribution >= 0.6 is 35.3 Å². The van der Waals surface area contributed by atoms with Gasteiger partial charge in [-0.15, -0.1) is 35.3 Å². The van der Waals surface area contributed by atoms with Crippen LogP contribution < -0.4 is 5.32 Å². The molecule has 2 unspecified atom stereocenters. The number of halogens is 1. The predicted octanol–water partition coefficient (Wildman–Crippen LogP) is 1.96. The second-order valence-corrected chi connectivity index (χ2v) is 8.12. The van der Waals surface area contributed by atoms with Crippen LogP contribution in [-0.4, -0.2) is 67.5 Å². The second kappa shape index (κ2) is 10.4. The molecule has 7 nitrogen and oxygen atoms in total. The quantitative estimate of drug-likeness (QED) is 0.285. The fourth-order valence-electron chi connectivity index (χ4n) is 3.73. The summed E-state index contributed by atoms with van der Waals surface area (Å²) in [6, 6.07) is 2.10. The first-order chi connectivity index (χ1) is 13.0. The summed E-state index contributed by atoms with van der Waals surface area (Å²) >= 11 is 1.77. The summed E-state index contributed by atoms with van der Waals surface area (Å²) in [7, 11) is 1.42. The molecular formula is C19H29IN4O3S. The lowest BCUT2D eigenvalue weighted by atomic mass is 9.99. The van der Waals surface area contributed by atoms with Crippen LogP contribution in [0.1, 0.15) is 24.3 Å². The summed E-state index contributed by atoms with van der Waals surface area (Å²) in [5.74, 6) is 0.581. The normalized spacial score (nSPS) is 21.8. The van der Waals surface area contributed by atoms with Crippen LogP contribution in [0.3, 0.4) is 0 Å². The molecule has 2 aliphatic rings. The van der Waals surface area contributed by atoms with Crippen molar-refractivity contribution in [2.45, 2.75) is 26.8 Å². The summed E-state index contributed by atoms with van der Waals surface area (Å²) in [6.07, 6.45) is 0.924. The molecule has 1 fully saturated rings. The highest BCUT2D eigenvalue weighted by molar-refractivity contribution is 14.0. The number of hydrogen-bond acceptors (Lipinski definition) is 5. The zero-order chi connectivity index (χ0) is 19.4. The van der Waals surface area contributed by atoms with Gasteiger partial charge in [-0.05, 0) is 36.3 Å². The molecule has 1 N–H and O–H groups in total. The van der Waals surface area contributed by atoms with E-state index in [-0.39, 0.29) is 54.2 Å². The Kier molecular flexibility index (Phi) is 8.54. The SMILES string of the molecule is CCNC(=NCC(=O)N1CCc2sccc2C1)N1CC(C)C(C(=O)OC)C1.I. The van der Waals surface area contributed by atoms with Gasteiger partial charge in [0.25, 0.3) is 0 Å². The molecule has 3 heterocycles. The van der Waals surface area contributed by atoms with Crippen LogP contribution in [0.5, 0.6) is 0 Å². The van der Waals surface area contributed by atoms with Gasteiger partial charge in [0.2, 0.25) is 5.91 Å². The number of fused-ring (bicyclic) bond motifs is 1. The molecule has 28 heavy (non-hydrogen) atoms. The number of carbonyl (C=O) groups is 2. The van der Waals surface area contributed by atoms with Gasteiger partial charge in [0.15, 0.2) is 5.96 Å². The smallest absolute Gasteiger partial charge is 0.310 e. The number of guanidine groups is 1. The highest BCUT2D eigenvalue weighted by Gasteiger charge is 2.37. The zero-order valence-corrected chi connectivity index (χ0v) is 19.8. The molecule has 0 saturated carbocycles. The summed E-state index contributed by atoms with van der Waals surface area (Å²) < 4.78 is 4.91. The van der Waals surface area contributed by atoms with Crippen molar-refractivity contribution in [1.82, 2.24) is 15.1 Å². The maximum absolute atomic E-state index is 12.6. The number of thiophene rings is 1. The van der Waals surface area contributed by atoms with E-state index >= 15 is 0 Å². The Morgan fingerprint density at radius 2 is 2.14 bits per heavy atom. The first kappa shape index (κ1) is 22.9. The fraction of sp³-hybridized carbons (Fsp3) is 0.632. The Morgan fingerprint density at radius 1 is 1.36 bits per heavy atom. The van der Waals surface area contributed by atoms with E-state index in [0.29, 0.717) is 25.6 Å². The van der Waals surface area contributed by atoms with Gasteiger partial charge in [0.1, 0.15) is 6.54 Å². The number of nitrogens with one attached hydrogen (secondary N) is 1. The van der Waals surface area contributed by atoms with Gasteiger partial charge < -0.3 is 19.9 Å². The number of esters is 1. The number of amides is 1. The van der Waals surface area contributed by atoms with Crippen molar-refractivity contribution in [3.05, 3.63) is 21.9 Å². The molecule has 0 bridgehead atoms. The van der Waals surface area contributed by atoms with E-state index in [2.05, 4.69) is 26.7 Å². The Labute approximate surface area is 187 Å². The number of rotatable bonds is 4. The molecule has 156 valence electrons. The number of aliphatic imine (C=N–C) groups is 1. The highest BCUT2D eigenvalue weighted by Crippen LogP contribution is 2.25. The molecule has 3 rings (SSSR count). The highest BCUT2D eigenvalue weighted by atomic mass is 127. The lowest BCUT2D eigenvalue weighted by Crippen LogP contribution is -2.42. The van der Waals surface area contributed by atoms with E-state index in [1.807, 2.05) is 18.7 Å². The van der Waals surface area contributed by atoms with Crippen molar-refractivity contribution in [1.29, 1.82) is 0 Å². The van der Waals surface area contributed by atoms with Crippen molar-refractivity contribution in [3.63, 3.8) is 0 Å². The number of hydrogen-bond donors (Lipinski definition) is 1. The molecule has 1 amide bonds. The fourth-order valence-corrected chi connectivity index (χ4v) is 4.62. The average molecular weight is 520 g/mol. The van der Waals surface area contributed by atoms with Crippen LogP contribution in [0.4, 0.5) is 0 Å². The van der Waals surface area contributed by atoms with Gasteiger partial charge in [0.05, 0.1) is 13.0 Å². The summed E-state index contributed by atoms with van der Waals surface area (Å²) in [5, 5.41) is 5.34. The Balaban J connectivity index is 0.00000280. The molecule has 1 saturated heterocycles. The number of ether oxygens (including phenoxy) is 1. The van der Waals surface area contributed by atoms with Crippen LogP contribution in [-0.2, 0) is 27.3 Å². The van der Waals surface area contributed by atoms with Gasteiger partial charge in [-0.25, -0.2) is 4.99 Å². The maximum Gasteiger partial charge on any atom is 0.310 e. The van der Waals surface area contributed by atoms with Crippen molar-refractivity contribution in [3.8, 4) is 0 Å². The first-order valence-electron chi connectivity index (χ1n) is 9.47. The maximum atomic E-state index is 12.6. The van der Waals surface area contributed by atoms with Crippen molar-refractivity contribution in [2.24, 2.45) is 16.8 Å². The third kappa shape index (κ3) is 5.16. The van der Waals surface area contributed by atoms with Gasteiger partial charge in [-0.2, -0.15) is 0 Å². The minimum Gasteiger partial charge on any atom is -0.469 e. The zero-order valence-electron chi connectivity index (χ0n) is 16.6. The minimum absolute atomic E-state index is 0. The summed E-state index contributed by atoms with van der Waals surface area (Å²) in [4.78, 5) is 34.4. The molecule has 0 radical (unpaired) electrons. The molecular weight excluding hydrogens is 491 g/mol. The minimum atomic E-state index is -0.184. The van der Waals surface area contributed by atoms with Crippen LogP contribution in [0.25, 0.3) is 0 Å². The average Bonchev–Trinajstić information content (AvgIpc) is 3.29. The topological polar surface area (TPSA) is 74.2 Å². The Hall–Kier alpha value is -1.36. The molecule has 0 spiro atoms. The first-order valence-corrected chi connectivity index (χ1v) is 10.4. The van der Waals surface area contributed by atoms with Crippen LogP contribution in [0, 0.1) is 11.8 Å². The second-order valence-electron chi connectivity index (χ2n) is 7.12. The van der Waals surface area contributed by atoms with Gasteiger partial charge in [0, 0.05) is 37.6 Å². The number of likely N-dealkylation sites (tertiary alicyclic amines) is 1. The van der Waals surface area contributed by atoms with Crippen LogP contribution in [0.15, 0.2) is 16.4 Å². The van der Waals surface area contributed by atoms with Gasteiger partial charge in [-0.1, -0.05) is 6.92 Å². The monoisotopic (exact) mass is 520 g/mol. The van der Waals surface area contributed by atoms with Crippen LogP contribution in [0.2, 0.25) is 0 Å². The molecule has 1 aromatic heterocycles. The van der Waals surface area contributed by atoms with E-state index in [1.165, 1.54) is 17.6 Å². The lowest BCUT2D eigenvalue weighted by molar-refractivity contribution is -0.146. The van der Waals surface area contributed by atoms with Crippen molar-refractivity contribution >= 4 is 53.1 Å². The summed E-state index contributed by atoms with van der Waals surface area (Å²) in [6.45, 7) is 7.59. The number of methoxy groups -OCH3 is 1. The molecule has 9 heteroatoms. The summed E-state index contributed by atoms with van der Waals surface area (Å²) in [5.41, 5.74) is 1.25. The molecule has 0 aromatic carbocycles.